The minimum atomic E-state index is 0.204. The van der Waals surface area contributed by atoms with Crippen molar-refractivity contribution in [2.24, 2.45) is 0 Å². The normalized spacial score (nSPS) is 23.3. The SMILES string of the molecule is O=C(CSC1CCCC1)N[C@@H]1CCn2nccc2C1. The summed E-state index contributed by atoms with van der Waals surface area (Å²) in [7, 11) is 0. The Bertz CT molecular complexity index is 440. The number of fused-ring (bicyclic) bond motifs is 1. The number of rotatable bonds is 4. The third-order valence-corrected chi connectivity index (χ3v) is 5.44. The molecule has 1 atom stereocenters. The lowest BCUT2D eigenvalue weighted by atomic mass is 10.0. The molecule has 4 nitrogen and oxygen atoms in total. The van der Waals surface area contributed by atoms with Gasteiger partial charge >= 0.3 is 0 Å². The van der Waals surface area contributed by atoms with Crippen LogP contribution in [0, 0.1) is 0 Å². The third-order valence-electron chi connectivity index (χ3n) is 4.07. The molecule has 1 aromatic heterocycles. The summed E-state index contributed by atoms with van der Waals surface area (Å²) in [5, 5.41) is 8.15. The van der Waals surface area contributed by atoms with Crippen LogP contribution in [0.3, 0.4) is 0 Å². The number of nitrogens with one attached hydrogen (secondary N) is 1. The first-order chi connectivity index (χ1) is 9.31. The summed E-state index contributed by atoms with van der Waals surface area (Å²) in [5.74, 6) is 0.829. The van der Waals surface area contributed by atoms with Gasteiger partial charge in [0, 0.05) is 36.1 Å². The van der Waals surface area contributed by atoms with Gasteiger partial charge in [-0.25, -0.2) is 0 Å². The van der Waals surface area contributed by atoms with Crippen molar-refractivity contribution in [3.63, 3.8) is 0 Å². The first kappa shape index (κ1) is 13.0. The van der Waals surface area contributed by atoms with Crippen molar-refractivity contribution in [3.8, 4) is 0 Å². The maximum atomic E-state index is 12.0. The molecule has 19 heavy (non-hydrogen) atoms. The summed E-state index contributed by atoms with van der Waals surface area (Å²) in [6, 6.07) is 2.34. The van der Waals surface area contributed by atoms with Crippen LogP contribution in [0.25, 0.3) is 0 Å². The summed E-state index contributed by atoms with van der Waals surface area (Å²) in [4.78, 5) is 12.0. The Labute approximate surface area is 118 Å². The second kappa shape index (κ2) is 5.99. The second-order valence-electron chi connectivity index (χ2n) is 5.52. The van der Waals surface area contributed by atoms with Gasteiger partial charge < -0.3 is 5.32 Å². The van der Waals surface area contributed by atoms with Gasteiger partial charge in [-0.05, 0) is 25.3 Å². The first-order valence-corrected chi connectivity index (χ1v) is 8.28. The lowest BCUT2D eigenvalue weighted by molar-refractivity contribution is -0.119. The molecule has 1 fully saturated rings. The predicted octanol–water partition coefficient (Wildman–Crippen LogP) is 1.99. The standard InChI is InChI=1S/C14H21N3OS/c18-14(10-19-13-3-1-2-4-13)16-11-6-8-17-12(9-11)5-7-15-17/h5,7,11,13H,1-4,6,8-10H2,(H,16,18)/t11-/m1/s1. The minimum absolute atomic E-state index is 0.204. The van der Waals surface area contributed by atoms with Gasteiger partial charge in [0.25, 0.3) is 0 Å². The molecule has 0 spiro atoms. The van der Waals surface area contributed by atoms with Crippen LogP contribution in [-0.2, 0) is 17.8 Å². The number of thioether (sulfide) groups is 1. The second-order valence-corrected chi connectivity index (χ2v) is 6.81. The molecule has 1 aromatic rings. The number of carbonyl (C=O) groups is 1. The Balaban J connectivity index is 1.42. The average molecular weight is 279 g/mol. The lowest BCUT2D eigenvalue weighted by Crippen LogP contribution is -2.41. The number of hydrogen-bond acceptors (Lipinski definition) is 3. The highest BCUT2D eigenvalue weighted by molar-refractivity contribution is 8.00. The van der Waals surface area contributed by atoms with Gasteiger partial charge in [-0.3, -0.25) is 9.48 Å². The molecule has 1 amide bonds. The smallest absolute Gasteiger partial charge is 0.230 e. The summed E-state index contributed by atoms with van der Waals surface area (Å²) < 4.78 is 2.04. The first-order valence-electron chi connectivity index (χ1n) is 7.23. The van der Waals surface area contributed by atoms with Crippen LogP contribution in [0.1, 0.15) is 37.8 Å². The molecule has 1 saturated carbocycles. The molecule has 1 aliphatic heterocycles. The molecule has 1 aliphatic carbocycles. The minimum Gasteiger partial charge on any atom is -0.352 e. The molecule has 104 valence electrons. The molecule has 0 radical (unpaired) electrons. The van der Waals surface area contributed by atoms with Crippen LogP contribution < -0.4 is 5.32 Å². The van der Waals surface area contributed by atoms with Crippen LogP contribution in [0.5, 0.6) is 0 Å². The predicted molar refractivity (Wildman–Crippen MR) is 77.2 cm³/mol. The van der Waals surface area contributed by atoms with Crippen molar-refractivity contribution in [1.82, 2.24) is 15.1 Å². The van der Waals surface area contributed by atoms with Gasteiger partial charge in [0.15, 0.2) is 0 Å². The van der Waals surface area contributed by atoms with Crippen LogP contribution >= 0.6 is 11.8 Å². The number of aromatic nitrogens is 2. The Morgan fingerprint density at radius 3 is 3.11 bits per heavy atom. The van der Waals surface area contributed by atoms with E-state index in [1.165, 1.54) is 31.4 Å². The molecule has 3 rings (SSSR count). The maximum Gasteiger partial charge on any atom is 0.230 e. The topological polar surface area (TPSA) is 46.9 Å². The quantitative estimate of drug-likeness (QED) is 0.917. The summed E-state index contributed by atoms with van der Waals surface area (Å²) in [5.41, 5.74) is 1.24. The third kappa shape index (κ3) is 3.32. The molecule has 0 unspecified atom stereocenters. The fraction of sp³-hybridized carbons (Fsp3) is 0.714. The van der Waals surface area contributed by atoms with E-state index in [1.54, 1.807) is 0 Å². The highest BCUT2D eigenvalue weighted by Gasteiger charge is 2.21. The zero-order valence-electron chi connectivity index (χ0n) is 11.2. The van der Waals surface area contributed by atoms with E-state index in [4.69, 9.17) is 0 Å². The zero-order valence-corrected chi connectivity index (χ0v) is 12.0. The van der Waals surface area contributed by atoms with Crippen LogP contribution in [0.15, 0.2) is 12.3 Å². The van der Waals surface area contributed by atoms with Crippen molar-refractivity contribution in [2.75, 3.05) is 5.75 Å². The molecular formula is C14H21N3OS. The number of carbonyl (C=O) groups excluding carboxylic acids is 1. The lowest BCUT2D eigenvalue weighted by Gasteiger charge is -2.24. The number of aryl methyl sites for hydroxylation is 1. The Kier molecular flexibility index (Phi) is 4.11. The Morgan fingerprint density at radius 2 is 2.26 bits per heavy atom. The molecule has 0 bridgehead atoms. The Hall–Kier alpha value is -0.970. The highest BCUT2D eigenvalue weighted by Crippen LogP contribution is 2.29. The van der Waals surface area contributed by atoms with E-state index in [0.717, 1.165) is 24.6 Å². The molecule has 0 aromatic carbocycles. The van der Waals surface area contributed by atoms with E-state index in [2.05, 4.69) is 10.4 Å². The van der Waals surface area contributed by atoms with Gasteiger partial charge in [0.1, 0.15) is 0 Å². The van der Waals surface area contributed by atoms with E-state index in [1.807, 2.05) is 28.7 Å². The monoisotopic (exact) mass is 279 g/mol. The zero-order chi connectivity index (χ0) is 13.1. The fourth-order valence-electron chi connectivity index (χ4n) is 3.01. The Morgan fingerprint density at radius 1 is 1.42 bits per heavy atom. The molecule has 1 N–H and O–H groups in total. The number of amides is 1. The van der Waals surface area contributed by atoms with Crippen LogP contribution in [0.2, 0.25) is 0 Å². The van der Waals surface area contributed by atoms with Crippen molar-refractivity contribution in [1.29, 1.82) is 0 Å². The molecule has 2 aliphatic rings. The van der Waals surface area contributed by atoms with Gasteiger partial charge in [-0.2, -0.15) is 5.10 Å². The highest BCUT2D eigenvalue weighted by atomic mass is 32.2. The number of hydrogen-bond donors (Lipinski definition) is 1. The molecule has 0 saturated heterocycles. The molecular weight excluding hydrogens is 258 g/mol. The van der Waals surface area contributed by atoms with Crippen molar-refractivity contribution in [3.05, 3.63) is 18.0 Å². The number of nitrogens with zero attached hydrogens (tertiary/aromatic N) is 2. The van der Waals surface area contributed by atoms with E-state index in [9.17, 15) is 4.79 Å². The fourth-order valence-corrected chi connectivity index (χ4v) is 4.15. The molecule has 2 heterocycles. The average Bonchev–Trinajstić information content (AvgIpc) is 3.07. The maximum absolute atomic E-state index is 12.0. The van der Waals surface area contributed by atoms with Crippen LogP contribution in [-0.4, -0.2) is 32.7 Å². The largest absolute Gasteiger partial charge is 0.352 e. The summed E-state index contributed by atoms with van der Waals surface area (Å²) >= 11 is 1.84. The van der Waals surface area contributed by atoms with Crippen molar-refractivity contribution >= 4 is 17.7 Å². The summed E-state index contributed by atoms with van der Waals surface area (Å²) in [6.07, 6.45) is 9.02. The van der Waals surface area contributed by atoms with E-state index in [-0.39, 0.29) is 5.91 Å². The van der Waals surface area contributed by atoms with Crippen LogP contribution in [0.4, 0.5) is 0 Å². The van der Waals surface area contributed by atoms with Gasteiger partial charge in [0.05, 0.1) is 5.75 Å². The van der Waals surface area contributed by atoms with Gasteiger partial charge in [0.2, 0.25) is 5.91 Å². The van der Waals surface area contributed by atoms with Gasteiger partial charge in [-0.1, -0.05) is 12.8 Å². The molecule has 5 heteroatoms. The summed E-state index contributed by atoms with van der Waals surface area (Å²) in [6.45, 7) is 0.920. The van der Waals surface area contributed by atoms with E-state index >= 15 is 0 Å². The van der Waals surface area contributed by atoms with E-state index < -0.39 is 0 Å². The van der Waals surface area contributed by atoms with Gasteiger partial charge in [-0.15, -0.1) is 11.8 Å². The van der Waals surface area contributed by atoms with Crippen molar-refractivity contribution < 1.29 is 4.79 Å². The van der Waals surface area contributed by atoms with Crippen molar-refractivity contribution in [2.45, 2.75) is 56.4 Å². The van der Waals surface area contributed by atoms with E-state index in [0.29, 0.717) is 11.8 Å².